The first-order valence-electron chi connectivity index (χ1n) is 4.98. The van der Waals surface area contributed by atoms with Gasteiger partial charge in [-0.3, -0.25) is 0 Å². The highest BCUT2D eigenvalue weighted by Crippen LogP contribution is 2.12. The van der Waals surface area contributed by atoms with Crippen molar-refractivity contribution in [2.75, 3.05) is 27.2 Å². The van der Waals surface area contributed by atoms with Gasteiger partial charge in [0.25, 0.3) is 0 Å². The highest BCUT2D eigenvalue weighted by molar-refractivity contribution is 5.28. The third-order valence-corrected chi connectivity index (χ3v) is 2.02. The molecule has 0 aliphatic carbocycles. The van der Waals surface area contributed by atoms with E-state index in [4.69, 9.17) is 11.2 Å². The second-order valence-corrected chi connectivity index (χ2v) is 3.65. The Hall–Kier alpha value is -1.46. The van der Waals surface area contributed by atoms with Crippen molar-refractivity contribution in [2.24, 2.45) is 0 Å². The molecule has 2 nitrogen and oxygen atoms in total. The molecule has 2 heteroatoms. The number of rotatable bonds is 5. The van der Waals surface area contributed by atoms with E-state index in [1.54, 1.807) is 0 Å². The number of hydrogen-bond acceptors (Lipinski definition) is 2. The largest absolute Gasteiger partial charge is 0.492 e. The fourth-order valence-electron chi connectivity index (χ4n) is 1.15. The molecule has 0 unspecified atom stereocenters. The van der Waals surface area contributed by atoms with Crippen LogP contribution in [0.2, 0.25) is 0 Å². The van der Waals surface area contributed by atoms with Gasteiger partial charge in [-0.15, -0.1) is 0 Å². The average molecular weight is 202 g/mol. The molecule has 1 radical (unpaired) electrons. The van der Waals surface area contributed by atoms with Crippen molar-refractivity contribution in [1.29, 1.82) is 0 Å². The number of nitrogens with zero attached hydrogens (tertiary/aromatic N) is 1. The first-order valence-corrected chi connectivity index (χ1v) is 4.98. The van der Waals surface area contributed by atoms with Gasteiger partial charge < -0.3 is 9.64 Å². The van der Waals surface area contributed by atoms with Gasteiger partial charge in [0.05, 0.1) is 0 Å². The van der Waals surface area contributed by atoms with Crippen LogP contribution in [0.1, 0.15) is 5.56 Å². The average Bonchev–Trinajstić information content (AvgIpc) is 2.20. The minimum absolute atomic E-state index is 0.567. The molecule has 1 aromatic carbocycles. The summed E-state index contributed by atoms with van der Waals surface area (Å²) in [5.74, 6) is 3.24. The topological polar surface area (TPSA) is 12.5 Å². The molecule has 79 valence electrons. The Balaban J connectivity index is 2.40. The minimum atomic E-state index is 0.567. The minimum Gasteiger partial charge on any atom is -0.492 e. The standard InChI is InChI=1S/C13H16NO/c1-4-5-12-6-8-13(9-7-12)15-11-10-14(2)3/h6-9H,5,10-11H2,2-3H3. The van der Waals surface area contributed by atoms with Crippen LogP contribution in [0.3, 0.4) is 0 Å². The summed E-state index contributed by atoms with van der Waals surface area (Å²) in [6, 6.07) is 7.80. The Bertz CT molecular complexity index is 321. The molecule has 0 saturated carbocycles. The van der Waals surface area contributed by atoms with Crippen LogP contribution in [-0.2, 0) is 6.42 Å². The summed E-state index contributed by atoms with van der Waals surface area (Å²) in [6.45, 7) is 1.61. The molecule has 15 heavy (non-hydrogen) atoms. The van der Waals surface area contributed by atoms with Gasteiger partial charge in [-0.25, -0.2) is 0 Å². The molecular weight excluding hydrogens is 186 g/mol. The zero-order chi connectivity index (χ0) is 11.1. The molecule has 0 aliphatic heterocycles. The number of likely N-dealkylation sites (N-methyl/N-ethyl adjacent to an activating group) is 1. The maximum atomic E-state index is 6.87. The molecule has 0 aromatic heterocycles. The normalized spacial score (nSPS) is 10.0. The smallest absolute Gasteiger partial charge is 0.119 e. The first-order chi connectivity index (χ1) is 7.22. The van der Waals surface area contributed by atoms with Crippen LogP contribution in [0.5, 0.6) is 5.75 Å². The van der Waals surface area contributed by atoms with E-state index in [0.717, 1.165) is 17.9 Å². The molecule has 0 atom stereocenters. The van der Waals surface area contributed by atoms with Crippen LogP contribution >= 0.6 is 0 Å². The first kappa shape index (κ1) is 11.6. The van der Waals surface area contributed by atoms with Crippen molar-refractivity contribution in [3.63, 3.8) is 0 Å². The molecule has 0 heterocycles. The van der Waals surface area contributed by atoms with E-state index in [9.17, 15) is 0 Å². The van der Waals surface area contributed by atoms with E-state index in [2.05, 4.69) is 10.8 Å². The molecule has 0 fully saturated rings. The Morgan fingerprint density at radius 1 is 1.27 bits per heavy atom. The van der Waals surface area contributed by atoms with Gasteiger partial charge in [0.2, 0.25) is 0 Å². The molecule has 0 spiro atoms. The molecule has 0 amide bonds. The van der Waals surface area contributed by atoms with Gasteiger partial charge in [-0.2, -0.15) is 0 Å². The predicted octanol–water partition coefficient (Wildman–Crippen LogP) is 1.76. The summed E-state index contributed by atoms with van der Waals surface area (Å²) in [5.41, 5.74) is 1.09. The van der Waals surface area contributed by atoms with E-state index in [0.29, 0.717) is 13.0 Å². The SMILES string of the molecule is [C]#CCc1ccc(OCCN(C)C)cc1. The number of hydrogen-bond donors (Lipinski definition) is 0. The third kappa shape index (κ3) is 4.53. The molecule has 1 rings (SSSR count). The van der Waals surface area contributed by atoms with Gasteiger partial charge >= 0.3 is 0 Å². The lowest BCUT2D eigenvalue weighted by atomic mass is 10.1. The number of ether oxygens (including phenoxy) is 1. The van der Waals surface area contributed by atoms with Gasteiger partial charge in [-0.05, 0) is 38.2 Å². The van der Waals surface area contributed by atoms with E-state index >= 15 is 0 Å². The van der Waals surface area contributed by atoms with Crippen molar-refractivity contribution in [1.82, 2.24) is 4.90 Å². The molecule has 0 aliphatic rings. The van der Waals surface area contributed by atoms with Gasteiger partial charge in [0.15, 0.2) is 0 Å². The highest BCUT2D eigenvalue weighted by atomic mass is 16.5. The predicted molar refractivity (Wildman–Crippen MR) is 61.3 cm³/mol. The van der Waals surface area contributed by atoms with Crippen molar-refractivity contribution in [3.05, 3.63) is 36.3 Å². The van der Waals surface area contributed by atoms with Crippen LogP contribution < -0.4 is 4.74 Å². The second-order valence-electron chi connectivity index (χ2n) is 3.65. The van der Waals surface area contributed by atoms with Crippen molar-refractivity contribution >= 4 is 0 Å². The fraction of sp³-hybridized carbons (Fsp3) is 0.385. The molecule has 0 saturated heterocycles. The van der Waals surface area contributed by atoms with E-state index in [1.807, 2.05) is 38.4 Å². The van der Waals surface area contributed by atoms with Crippen LogP contribution in [0.25, 0.3) is 0 Å². The van der Waals surface area contributed by atoms with Crippen LogP contribution in [0.4, 0.5) is 0 Å². The fourth-order valence-corrected chi connectivity index (χ4v) is 1.15. The Kier molecular flexibility index (Phi) is 4.73. The summed E-state index contributed by atoms with van der Waals surface area (Å²) < 4.78 is 5.54. The lowest BCUT2D eigenvalue weighted by molar-refractivity contribution is 0.261. The van der Waals surface area contributed by atoms with Crippen LogP contribution in [0.15, 0.2) is 24.3 Å². The Labute approximate surface area is 91.9 Å². The van der Waals surface area contributed by atoms with Gasteiger partial charge in [0, 0.05) is 13.0 Å². The zero-order valence-corrected chi connectivity index (χ0v) is 9.29. The monoisotopic (exact) mass is 202 g/mol. The Morgan fingerprint density at radius 3 is 2.47 bits per heavy atom. The van der Waals surface area contributed by atoms with E-state index in [1.165, 1.54) is 0 Å². The summed E-state index contributed by atoms with van der Waals surface area (Å²) in [5, 5.41) is 0. The molecule has 0 N–H and O–H groups in total. The third-order valence-electron chi connectivity index (χ3n) is 2.02. The van der Waals surface area contributed by atoms with Crippen LogP contribution in [0, 0.1) is 12.3 Å². The lowest BCUT2D eigenvalue weighted by Gasteiger charge is -2.10. The van der Waals surface area contributed by atoms with Gasteiger partial charge in [0.1, 0.15) is 12.4 Å². The summed E-state index contributed by atoms with van der Waals surface area (Å²) >= 11 is 0. The lowest BCUT2D eigenvalue weighted by Crippen LogP contribution is -2.19. The molecule has 1 aromatic rings. The van der Waals surface area contributed by atoms with Crippen molar-refractivity contribution in [2.45, 2.75) is 6.42 Å². The van der Waals surface area contributed by atoms with Crippen LogP contribution in [-0.4, -0.2) is 32.1 Å². The van der Waals surface area contributed by atoms with E-state index in [-0.39, 0.29) is 0 Å². The Morgan fingerprint density at radius 2 is 1.93 bits per heavy atom. The maximum Gasteiger partial charge on any atom is 0.119 e. The maximum absolute atomic E-state index is 6.87. The summed E-state index contributed by atoms with van der Waals surface area (Å²) in [6.07, 6.45) is 7.43. The summed E-state index contributed by atoms with van der Waals surface area (Å²) in [7, 11) is 4.04. The van der Waals surface area contributed by atoms with Gasteiger partial charge in [-0.1, -0.05) is 18.1 Å². The summed E-state index contributed by atoms with van der Waals surface area (Å²) in [4.78, 5) is 2.08. The highest BCUT2D eigenvalue weighted by Gasteiger charge is 1.95. The molecular formula is C13H16NO. The second kappa shape index (κ2) is 6.10. The van der Waals surface area contributed by atoms with E-state index < -0.39 is 0 Å². The molecule has 0 bridgehead atoms. The number of benzene rings is 1. The zero-order valence-electron chi connectivity index (χ0n) is 9.29. The van der Waals surface area contributed by atoms with Crippen molar-refractivity contribution in [3.8, 4) is 11.7 Å². The quantitative estimate of drug-likeness (QED) is 0.675. The van der Waals surface area contributed by atoms with Crippen molar-refractivity contribution < 1.29 is 4.74 Å².